The summed E-state index contributed by atoms with van der Waals surface area (Å²) < 4.78 is 10.6. The lowest BCUT2D eigenvalue weighted by atomic mass is 9.76. The molecule has 1 aliphatic rings. The van der Waals surface area contributed by atoms with Crippen molar-refractivity contribution < 1.29 is 9.05 Å². The number of aryl methyl sites for hydroxylation is 2. The molecule has 3 rings (SSSR count). The van der Waals surface area contributed by atoms with Gasteiger partial charge in [-0.3, -0.25) is 0 Å². The quantitative estimate of drug-likeness (QED) is 0.859. The van der Waals surface area contributed by atoms with Gasteiger partial charge in [-0.2, -0.15) is 4.98 Å². The van der Waals surface area contributed by atoms with Crippen molar-refractivity contribution in [2.75, 3.05) is 0 Å². The lowest BCUT2D eigenvalue weighted by molar-refractivity contribution is 0.257. The van der Waals surface area contributed by atoms with Crippen molar-refractivity contribution >= 4 is 0 Å². The van der Waals surface area contributed by atoms with E-state index >= 15 is 0 Å². The minimum absolute atomic E-state index is 0.436. The van der Waals surface area contributed by atoms with E-state index in [-0.39, 0.29) is 0 Å². The molecule has 0 aliphatic heterocycles. The summed E-state index contributed by atoms with van der Waals surface area (Å²) in [7, 11) is 0. The van der Waals surface area contributed by atoms with Crippen molar-refractivity contribution in [3.63, 3.8) is 0 Å². The number of rotatable bonds is 3. The van der Waals surface area contributed by atoms with Crippen LogP contribution in [0.5, 0.6) is 0 Å². The molecule has 2 heterocycles. The Labute approximate surface area is 125 Å². The van der Waals surface area contributed by atoms with Gasteiger partial charge < -0.3 is 9.05 Å². The summed E-state index contributed by atoms with van der Waals surface area (Å²) in [4.78, 5) is 4.61. The second-order valence-corrected chi connectivity index (χ2v) is 6.64. The van der Waals surface area contributed by atoms with E-state index in [9.17, 15) is 0 Å². The topological polar surface area (TPSA) is 65.0 Å². The summed E-state index contributed by atoms with van der Waals surface area (Å²) in [5, 5.41) is 8.18. The molecule has 2 unspecified atom stereocenters. The molecular formula is C16H23N3O2. The molecule has 21 heavy (non-hydrogen) atoms. The summed E-state index contributed by atoms with van der Waals surface area (Å²) in [6, 6.07) is 0. The first-order valence-electron chi connectivity index (χ1n) is 7.77. The first-order valence-corrected chi connectivity index (χ1v) is 7.77. The lowest BCUT2D eigenvalue weighted by Gasteiger charge is -2.29. The predicted octanol–water partition coefficient (Wildman–Crippen LogP) is 3.80. The molecule has 0 amide bonds. The highest BCUT2D eigenvalue weighted by molar-refractivity contribution is 5.24. The third-order valence-corrected chi connectivity index (χ3v) is 4.54. The monoisotopic (exact) mass is 289 g/mol. The number of aromatic nitrogens is 3. The fraction of sp³-hybridized carbons (Fsp3) is 0.688. The van der Waals surface area contributed by atoms with E-state index in [1.165, 1.54) is 6.42 Å². The molecular weight excluding hydrogens is 266 g/mol. The molecule has 0 aromatic carbocycles. The summed E-state index contributed by atoms with van der Waals surface area (Å²) in [5.41, 5.74) is 1.95. The normalized spacial score (nSPS) is 26.2. The van der Waals surface area contributed by atoms with Crippen LogP contribution in [0.1, 0.15) is 67.8 Å². The van der Waals surface area contributed by atoms with Crippen LogP contribution in [0.3, 0.4) is 0 Å². The first kappa shape index (κ1) is 14.3. The third kappa shape index (κ3) is 3.01. The second kappa shape index (κ2) is 5.62. The van der Waals surface area contributed by atoms with Crippen LogP contribution in [0.15, 0.2) is 9.05 Å². The van der Waals surface area contributed by atoms with E-state index in [1.54, 1.807) is 0 Å². The number of hydrogen-bond acceptors (Lipinski definition) is 5. The van der Waals surface area contributed by atoms with Crippen molar-refractivity contribution in [3.05, 3.63) is 28.7 Å². The van der Waals surface area contributed by atoms with Crippen LogP contribution in [-0.4, -0.2) is 15.3 Å². The molecule has 0 radical (unpaired) electrons. The highest BCUT2D eigenvalue weighted by Gasteiger charge is 2.28. The van der Waals surface area contributed by atoms with Gasteiger partial charge in [0.15, 0.2) is 5.82 Å². The maximum absolute atomic E-state index is 5.44. The molecule has 114 valence electrons. The van der Waals surface area contributed by atoms with E-state index in [1.807, 2.05) is 13.8 Å². The third-order valence-electron chi connectivity index (χ3n) is 4.54. The van der Waals surface area contributed by atoms with E-state index in [4.69, 9.17) is 9.05 Å². The Hall–Kier alpha value is -1.65. The Morgan fingerprint density at radius 2 is 1.71 bits per heavy atom. The van der Waals surface area contributed by atoms with Crippen LogP contribution in [0.2, 0.25) is 0 Å². The highest BCUT2D eigenvalue weighted by Crippen LogP contribution is 2.37. The Morgan fingerprint density at radius 3 is 2.33 bits per heavy atom. The van der Waals surface area contributed by atoms with Gasteiger partial charge in [-0.1, -0.05) is 24.2 Å². The van der Waals surface area contributed by atoms with E-state index in [0.29, 0.717) is 18.2 Å². The molecule has 2 aromatic heterocycles. The van der Waals surface area contributed by atoms with Crippen LogP contribution in [0.4, 0.5) is 0 Å². The van der Waals surface area contributed by atoms with Gasteiger partial charge in [0, 0.05) is 11.5 Å². The van der Waals surface area contributed by atoms with Gasteiger partial charge in [0.2, 0.25) is 5.89 Å². The lowest BCUT2D eigenvalue weighted by Crippen LogP contribution is -2.19. The number of nitrogens with zero attached hydrogens (tertiary/aromatic N) is 3. The molecule has 0 N–H and O–H groups in total. The highest BCUT2D eigenvalue weighted by atomic mass is 16.5. The fourth-order valence-electron chi connectivity index (χ4n) is 3.57. The van der Waals surface area contributed by atoms with Crippen molar-refractivity contribution in [1.29, 1.82) is 0 Å². The standard InChI is InChI=1S/C16H23N3O2/c1-9-5-10(2)7-13(6-9)16-17-15(21-19-16)8-14-11(3)18-20-12(14)4/h9-10,13H,5-8H2,1-4H3. The molecule has 1 saturated carbocycles. The zero-order valence-electron chi connectivity index (χ0n) is 13.2. The summed E-state index contributed by atoms with van der Waals surface area (Å²) >= 11 is 0. The smallest absolute Gasteiger partial charge is 0.231 e. The minimum atomic E-state index is 0.436. The Bertz CT molecular complexity index is 587. The average Bonchev–Trinajstić information content (AvgIpc) is 3.00. The van der Waals surface area contributed by atoms with Gasteiger partial charge in [-0.15, -0.1) is 0 Å². The van der Waals surface area contributed by atoms with Crippen molar-refractivity contribution in [2.45, 2.75) is 59.3 Å². The molecule has 0 bridgehead atoms. The van der Waals surface area contributed by atoms with Crippen molar-refractivity contribution in [2.24, 2.45) is 11.8 Å². The molecule has 1 aliphatic carbocycles. The van der Waals surface area contributed by atoms with Gasteiger partial charge >= 0.3 is 0 Å². The summed E-state index contributed by atoms with van der Waals surface area (Å²) in [6.07, 6.45) is 4.23. The molecule has 5 nitrogen and oxygen atoms in total. The molecule has 2 aromatic rings. The second-order valence-electron chi connectivity index (χ2n) is 6.64. The van der Waals surface area contributed by atoms with Crippen LogP contribution < -0.4 is 0 Å². The predicted molar refractivity (Wildman–Crippen MR) is 78.0 cm³/mol. The molecule has 2 atom stereocenters. The first-order chi connectivity index (χ1) is 10.0. The van der Waals surface area contributed by atoms with E-state index in [2.05, 4.69) is 29.1 Å². The van der Waals surface area contributed by atoms with Crippen molar-refractivity contribution in [1.82, 2.24) is 15.3 Å². The largest absolute Gasteiger partial charge is 0.361 e. The van der Waals surface area contributed by atoms with Gasteiger partial charge in [0.1, 0.15) is 5.76 Å². The van der Waals surface area contributed by atoms with Gasteiger partial charge in [0.25, 0.3) is 0 Å². The molecule has 0 spiro atoms. The van der Waals surface area contributed by atoms with Crippen molar-refractivity contribution in [3.8, 4) is 0 Å². The zero-order valence-corrected chi connectivity index (χ0v) is 13.2. The Kier molecular flexibility index (Phi) is 3.83. The molecule has 1 fully saturated rings. The minimum Gasteiger partial charge on any atom is -0.361 e. The van der Waals surface area contributed by atoms with E-state index < -0.39 is 0 Å². The van der Waals surface area contributed by atoms with E-state index in [0.717, 1.165) is 47.5 Å². The number of hydrogen-bond donors (Lipinski definition) is 0. The van der Waals surface area contributed by atoms with Crippen LogP contribution >= 0.6 is 0 Å². The maximum Gasteiger partial charge on any atom is 0.231 e. The van der Waals surface area contributed by atoms with Crippen LogP contribution in [0.25, 0.3) is 0 Å². The Balaban J connectivity index is 1.74. The fourth-order valence-corrected chi connectivity index (χ4v) is 3.57. The molecule has 5 heteroatoms. The average molecular weight is 289 g/mol. The maximum atomic E-state index is 5.44. The zero-order chi connectivity index (χ0) is 15.0. The van der Waals surface area contributed by atoms with Gasteiger partial charge in [-0.25, -0.2) is 0 Å². The van der Waals surface area contributed by atoms with Gasteiger partial charge in [0.05, 0.1) is 12.1 Å². The van der Waals surface area contributed by atoms with Crippen LogP contribution in [0, 0.1) is 25.7 Å². The van der Waals surface area contributed by atoms with Gasteiger partial charge in [-0.05, 0) is 44.9 Å². The summed E-state index contributed by atoms with van der Waals surface area (Å²) in [5.74, 6) is 4.27. The van der Waals surface area contributed by atoms with Crippen LogP contribution in [-0.2, 0) is 6.42 Å². The summed E-state index contributed by atoms with van der Waals surface area (Å²) in [6.45, 7) is 8.48. The SMILES string of the molecule is Cc1noc(C)c1Cc1nc(C2CC(C)CC(C)C2)no1. The Morgan fingerprint density at radius 1 is 1.00 bits per heavy atom. The molecule has 0 saturated heterocycles.